The Balaban J connectivity index is 1.16. The van der Waals surface area contributed by atoms with E-state index < -0.39 is 114 Å². The van der Waals surface area contributed by atoms with Crippen molar-refractivity contribution in [3.8, 4) is 0 Å². The van der Waals surface area contributed by atoms with Gasteiger partial charge >= 0.3 is 5.97 Å². The summed E-state index contributed by atoms with van der Waals surface area (Å²) in [5, 5.41) is 2.73. The molecule has 15 atom stereocenters. The minimum absolute atomic E-state index is 0.00442. The first-order valence-corrected chi connectivity index (χ1v) is 30.3. The van der Waals surface area contributed by atoms with Gasteiger partial charge in [0.25, 0.3) is 9.70 Å². The largest absolute Gasteiger partial charge is 0.457 e. The maximum absolute atomic E-state index is 14.0. The fourth-order valence-electron chi connectivity index (χ4n) is 10.7. The molecule has 4 aliphatic heterocycles. The molecule has 0 aliphatic carbocycles. The zero-order chi connectivity index (χ0) is 61.3. The molecule has 4 aliphatic rings. The summed E-state index contributed by atoms with van der Waals surface area (Å²) in [4.78, 5) is 40.0. The predicted octanol–water partition coefficient (Wildman–Crippen LogP) is 10.00. The number of carbonyl (C=O) groups excluding carboxylic acids is 3. The Kier molecular flexibility index (Phi) is 24.4. The predicted molar refractivity (Wildman–Crippen MR) is 321 cm³/mol. The molecule has 1 N–H and O–H groups in total. The highest BCUT2D eigenvalue weighted by molar-refractivity contribution is 6.76. The van der Waals surface area contributed by atoms with Crippen LogP contribution in [0, 0.1) is 0 Å². The summed E-state index contributed by atoms with van der Waals surface area (Å²) in [5.41, 5.74) is 4.41. The van der Waals surface area contributed by atoms with E-state index in [0.717, 1.165) is 27.8 Å². The van der Waals surface area contributed by atoms with Crippen LogP contribution < -0.4 is 5.32 Å². The minimum atomic E-state index is -2.54. The van der Waals surface area contributed by atoms with Crippen LogP contribution in [0.15, 0.2) is 164 Å². The quantitative estimate of drug-likeness (QED) is 0.0282. The topological polar surface area (TPSA) is 192 Å². The third kappa shape index (κ3) is 18.9. The molecular weight excluding hydrogens is 1190 g/mol. The van der Waals surface area contributed by atoms with Gasteiger partial charge in [-0.1, -0.05) is 193 Å². The summed E-state index contributed by atoms with van der Waals surface area (Å²) in [6.45, 7) is 11.0. The molecular formula is C66H76Cl3NO17. The molecule has 1 amide bonds. The van der Waals surface area contributed by atoms with Gasteiger partial charge in [-0.2, -0.15) is 0 Å². The number of ether oxygens (including phenoxy) is 14. The maximum atomic E-state index is 14.0. The van der Waals surface area contributed by atoms with E-state index in [9.17, 15) is 14.4 Å². The third-order valence-electron chi connectivity index (χ3n) is 15.0. The smallest absolute Gasteiger partial charge is 0.306 e. The molecule has 0 aromatic heterocycles. The van der Waals surface area contributed by atoms with Gasteiger partial charge in [0.05, 0.1) is 65.4 Å². The lowest BCUT2D eigenvalue weighted by atomic mass is 9.93. The van der Waals surface area contributed by atoms with Crippen molar-refractivity contribution in [2.75, 3.05) is 19.8 Å². The van der Waals surface area contributed by atoms with Gasteiger partial charge in [0.15, 0.2) is 30.8 Å². The van der Waals surface area contributed by atoms with E-state index in [1.54, 1.807) is 19.9 Å². The first kappa shape index (κ1) is 66.2. The number of hydrogen-bond donors (Lipinski definition) is 1. The van der Waals surface area contributed by atoms with Crippen LogP contribution in [0.5, 0.6) is 0 Å². The van der Waals surface area contributed by atoms with Gasteiger partial charge < -0.3 is 76.4 Å². The number of ketones is 1. The minimum Gasteiger partial charge on any atom is -0.457 e. The average molecular weight is 1260 g/mol. The van der Waals surface area contributed by atoms with E-state index in [4.69, 9.17) is 101 Å². The number of fused-ring (bicyclic) bond motifs is 1. The Bertz CT molecular complexity index is 2920. The molecule has 0 radical (unpaired) electrons. The summed E-state index contributed by atoms with van der Waals surface area (Å²) in [7, 11) is 0. The molecule has 4 saturated heterocycles. The van der Waals surface area contributed by atoms with E-state index in [1.807, 2.05) is 159 Å². The van der Waals surface area contributed by atoms with Crippen molar-refractivity contribution in [3.63, 3.8) is 0 Å². The zero-order valence-corrected chi connectivity index (χ0v) is 51.3. The van der Waals surface area contributed by atoms with Gasteiger partial charge in [0.2, 0.25) is 0 Å². The highest BCUT2D eigenvalue weighted by Gasteiger charge is 2.59. The van der Waals surface area contributed by atoms with Crippen molar-refractivity contribution >= 4 is 52.5 Å². The standard InChI is InChI=1S/C66H76Cl3NO17/c1-6-34-75-62-60(86-61-52(70-64(73)66(67,68)69)56(84-51(72)33-32-42(2)71)55-50(82-61)41-80-65(4,5)87-55)58(53(43(3)81-62)76-36-45-24-14-8-15-25-45)85-63-59(79-39-48-30-20-11-21-31-48)57(78-38-47-28-18-10-19-29-47)54(77-37-46-26-16-9-17-27-46)49(83-63)40-74-35-44-22-12-7-13-23-44/h6-31,43,49-50,52-63H,1,32-41H2,2-5H3,(H,70,73)/t43-,49+,50+,52+,53-,54+,55+,56+,57-,58+,59+,60+,61-,62+,63+/m0/s1. The van der Waals surface area contributed by atoms with Gasteiger partial charge in [-0.3, -0.25) is 9.59 Å². The van der Waals surface area contributed by atoms with Crippen LogP contribution in [-0.2, 0) is 114 Å². The number of nitrogens with one attached hydrogen (secondary N) is 1. The van der Waals surface area contributed by atoms with Crippen molar-refractivity contribution in [2.45, 2.75) is 175 Å². The van der Waals surface area contributed by atoms with E-state index in [1.165, 1.54) is 6.92 Å². The summed E-state index contributed by atoms with van der Waals surface area (Å²) in [5.74, 6) is -3.39. The number of carbonyl (C=O) groups is 3. The van der Waals surface area contributed by atoms with Gasteiger partial charge in [-0.25, -0.2) is 0 Å². The van der Waals surface area contributed by atoms with Gasteiger partial charge in [0.1, 0.15) is 66.8 Å². The average Bonchev–Trinajstić information content (AvgIpc) is 1.46. The van der Waals surface area contributed by atoms with Gasteiger partial charge in [-0.05, 0) is 55.5 Å². The molecule has 0 unspecified atom stereocenters. The summed E-state index contributed by atoms with van der Waals surface area (Å²) < 4.78 is 92.9. The summed E-state index contributed by atoms with van der Waals surface area (Å²) >= 11 is 18.8. The van der Waals surface area contributed by atoms with Crippen LogP contribution in [0.1, 0.15) is 68.4 Å². The van der Waals surface area contributed by atoms with Crippen LogP contribution in [0.3, 0.4) is 0 Å². The fraction of sp³-hybridized carbons (Fsp3) is 0.470. The Labute approximate surface area is 523 Å². The maximum Gasteiger partial charge on any atom is 0.306 e. The molecule has 0 saturated carbocycles. The van der Waals surface area contributed by atoms with Crippen molar-refractivity contribution in [1.29, 1.82) is 0 Å². The van der Waals surface area contributed by atoms with Crippen LogP contribution in [0.2, 0.25) is 0 Å². The van der Waals surface area contributed by atoms with Crippen molar-refractivity contribution < 1.29 is 80.7 Å². The second-order valence-corrected chi connectivity index (χ2v) is 24.4. The number of esters is 1. The van der Waals surface area contributed by atoms with Crippen LogP contribution in [0.4, 0.5) is 0 Å². The zero-order valence-electron chi connectivity index (χ0n) is 49.0. The van der Waals surface area contributed by atoms with Crippen LogP contribution >= 0.6 is 34.8 Å². The number of alkyl halides is 3. The number of rotatable bonds is 28. The third-order valence-corrected chi connectivity index (χ3v) is 15.5. The number of Topliss-reactive ketones (excluding diaryl/α,β-unsaturated/α-hetero) is 1. The molecule has 5 aromatic carbocycles. The Morgan fingerprint density at radius 3 is 1.60 bits per heavy atom. The van der Waals surface area contributed by atoms with E-state index in [-0.39, 0.29) is 71.5 Å². The SMILES string of the molecule is C=CCO[C@@H]1O[C@@H](C)[C@H](OCc2ccccc2)[C@@H](O[C@H]2O[C@H](COCc3ccccc3)[C@@H](OCc3ccccc3)[C@H](OCc3ccccc3)[C@H]2OCc2ccccc2)[C@H]1O[C@@H]1O[C@@H]2COC(C)(C)O[C@H]2[C@H](OC(=O)CCC(C)=O)[C@H]1NC(=O)C(Cl)(Cl)Cl. The van der Waals surface area contributed by atoms with E-state index in [2.05, 4.69) is 11.9 Å². The first-order valence-electron chi connectivity index (χ1n) is 29.1. The molecule has 0 spiro atoms. The Hall–Kier alpha value is -5.20. The van der Waals surface area contributed by atoms with Crippen LogP contribution in [-0.4, -0.2) is 139 Å². The van der Waals surface area contributed by atoms with Crippen molar-refractivity contribution in [1.82, 2.24) is 5.32 Å². The summed E-state index contributed by atoms with van der Waals surface area (Å²) in [6.07, 6.45) is -15.0. The molecule has 4 fully saturated rings. The number of benzene rings is 5. The highest BCUT2D eigenvalue weighted by Crippen LogP contribution is 2.41. The van der Waals surface area contributed by atoms with Crippen molar-refractivity contribution in [2.24, 2.45) is 0 Å². The molecule has 21 heteroatoms. The molecule has 9 rings (SSSR count). The molecule has 468 valence electrons. The monoisotopic (exact) mass is 1260 g/mol. The van der Waals surface area contributed by atoms with E-state index in [0.29, 0.717) is 0 Å². The number of halogens is 3. The second kappa shape index (κ2) is 32.0. The lowest BCUT2D eigenvalue weighted by Gasteiger charge is -2.53. The lowest BCUT2D eigenvalue weighted by molar-refractivity contribution is -0.404. The Morgan fingerprint density at radius 1 is 0.586 bits per heavy atom. The van der Waals surface area contributed by atoms with Gasteiger partial charge in [-0.15, -0.1) is 6.58 Å². The van der Waals surface area contributed by atoms with Crippen LogP contribution in [0.25, 0.3) is 0 Å². The van der Waals surface area contributed by atoms with E-state index >= 15 is 0 Å². The normalized spacial score (nSPS) is 28.8. The van der Waals surface area contributed by atoms with Gasteiger partial charge in [0, 0.05) is 6.42 Å². The molecule has 0 bridgehead atoms. The fourth-order valence-corrected chi connectivity index (χ4v) is 10.9. The first-order chi connectivity index (χ1) is 42.0. The Morgan fingerprint density at radius 2 is 1.08 bits per heavy atom. The lowest BCUT2D eigenvalue weighted by Crippen LogP contribution is -2.71. The molecule has 4 heterocycles. The van der Waals surface area contributed by atoms with Crippen molar-refractivity contribution in [3.05, 3.63) is 192 Å². The molecule has 18 nitrogen and oxygen atoms in total. The highest BCUT2D eigenvalue weighted by atomic mass is 35.6. The second-order valence-electron chi connectivity index (χ2n) is 22.1. The molecule has 87 heavy (non-hydrogen) atoms. The number of amides is 1. The summed E-state index contributed by atoms with van der Waals surface area (Å²) in [6, 6.07) is 47.0. The molecule has 5 aromatic rings. The number of hydrogen-bond acceptors (Lipinski definition) is 17.